The van der Waals surface area contributed by atoms with Gasteiger partial charge in [-0.15, -0.1) is 0 Å². The highest BCUT2D eigenvalue weighted by atomic mass is 16.5. The van der Waals surface area contributed by atoms with Crippen LogP contribution >= 0.6 is 0 Å². The highest BCUT2D eigenvalue weighted by Crippen LogP contribution is 2.18. The summed E-state index contributed by atoms with van der Waals surface area (Å²) in [6.45, 7) is 1.59. The highest BCUT2D eigenvalue weighted by Gasteiger charge is 2.07. The molecule has 1 aliphatic heterocycles. The van der Waals surface area contributed by atoms with Crippen LogP contribution in [0.2, 0.25) is 0 Å². The Morgan fingerprint density at radius 1 is 1.24 bits per heavy atom. The lowest BCUT2D eigenvalue weighted by Gasteiger charge is -2.12. The third-order valence-electron chi connectivity index (χ3n) is 2.97. The van der Waals surface area contributed by atoms with Gasteiger partial charge in [0.05, 0.1) is 6.61 Å². The van der Waals surface area contributed by atoms with Crippen LogP contribution in [0.3, 0.4) is 0 Å². The molecule has 1 aliphatic rings. The number of hydrogen-bond acceptors (Lipinski definition) is 3. The van der Waals surface area contributed by atoms with Crippen LogP contribution in [0.5, 0.6) is 0 Å². The lowest BCUT2D eigenvalue weighted by atomic mass is 10.1. The second-order valence-corrected chi connectivity index (χ2v) is 4.35. The minimum Gasteiger partial charge on any atom is -0.380 e. The summed E-state index contributed by atoms with van der Waals surface area (Å²) >= 11 is 0. The molecule has 0 saturated heterocycles. The minimum atomic E-state index is 0.635. The number of anilines is 1. The van der Waals surface area contributed by atoms with Crippen LogP contribution in [-0.2, 0) is 11.3 Å². The first-order valence-corrected chi connectivity index (χ1v) is 6.27. The molecule has 0 radical (unpaired) electrons. The van der Waals surface area contributed by atoms with Crippen molar-refractivity contribution in [1.82, 2.24) is 0 Å². The average Bonchev–Trinajstić information content (AvgIpc) is 2.61. The Hall–Kier alpha value is -1.35. The van der Waals surface area contributed by atoms with Gasteiger partial charge in [-0.1, -0.05) is 24.6 Å². The van der Waals surface area contributed by atoms with E-state index in [0.29, 0.717) is 6.61 Å². The van der Waals surface area contributed by atoms with E-state index in [0.717, 1.165) is 24.5 Å². The maximum atomic E-state index is 5.20. The highest BCUT2D eigenvalue weighted by molar-refractivity contribution is 5.96. The summed E-state index contributed by atoms with van der Waals surface area (Å²) in [4.78, 5) is 4.58. The van der Waals surface area contributed by atoms with Crippen molar-refractivity contribution in [2.24, 2.45) is 4.99 Å². The number of para-hydroxylation sites is 1. The van der Waals surface area contributed by atoms with E-state index < -0.39 is 0 Å². The summed E-state index contributed by atoms with van der Waals surface area (Å²) in [5.41, 5.74) is 2.30. The van der Waals surface area contributed by atoms with Crippen molar-refractivity contribution in [2.45, 2.75) is 32.3 Å². The van der Waals surface area contributed by atoms with Crippen molar-refractivity contribution in [3.05, 3.63) is 29.8 Å². The molecule has 2 rings (SSSR count). The number of ether oxygens (including phenoxy) is 1. The standard InChI is InChI=1S/C14H20N2O/c1-17-11-12-7-4-5-8-13(12)16-14-9-3-2-6-10-15-14/h4-5,7-8H,2-3,6,9-11H2,1H3,(H,15,16). The number of rotatable bonds is 3. The van der Waals surface area contributed by atoms with E-state index in [1.54, 1.807) is 7.11 Å². The van der Waals surface area contributed by atoms with Gasteiger partial charge < -0.3 is 10.1 Å². The lowest BCUT2D eigenvalue weighted by Crippen LogP contribution is -2.13. The van der Waals surface area contributed by atoms with Crippen LogP contribution in [0, 0.1) is 0 Å². The fourth-order valence-corrected chi connectivity index (χ4v) is 2.06. The zero-order valence-electron chi connectivity index (χ0n) is 10.4. The van der Waals surface area contributed by atoms with Crippen LogP contribution in [-0.4, -0.2) is 19.5 Å². The number of nitrogens with zero attached hydrogens (tertiary/aromatic N) is 1. The molecular formula is C14H20N2O. The maximum absolute atomic E-state index is 5.20. The predicted octanol–water partition coefficient (Wildman–Crippen LogP) is 3.22. The van der Waals surface area contributed by atoms with Gasteiger partial charge >= 0.3 is 0 Å². The van der Waals surface area contributed by atoms with E-state index in [-0.39, 0.29) is 0 Å². The fourth-order valence-electron chi connectivity index (χ4n) is 2.06. The molecule has 3 heteroatoms. The fraction of sp³-hybridized carbons (Fsp3) is 0.500. The first-order valence-electron chi connectivity index (χ1n) is 6.27. The van der Waals surface area contributed by atoms with Crippen LogP contribution in [0.15, 0.2) is 29.3 Å². The Morgan fingerprint density at radius 2 is 2.12 bits per heavy atom. The third kappa shape index (κ3) is 3.56. The van der Waals surface area contributed by atoms with Crippen molar-refractivity contribution in [1.29, 1.82) is 0 Å². The van der Waals surface area contributed by atoms with Gasteiger partial charge in [0.15, 0.2) is 0 Å². The minimum absolute atomic E-state index is 0.635. The van der Waals surface area contributed by atoms with Gasteiger partial charge in [0.25, 0.3) is 0 Å². The zero-order valence-corrected chi connectivity index (χ0v) is 10.4. The molecule has 0 bridgehead atoms. The molecule has 0 spiro atoms. The molecule has 17 heavy (non-hydrogen) atoms. The second-order valence-electron chi connectivity index (χ2n) is 4.35. The van der Waals surface area contributed by atoms with Crippen LogP contribution < -0.4 is 5.32 Å². The van der Waals surface area contributed by atoms with Crippen LogP contribution in [0.1, 0.15) is 31.2 Å². The largest absolute Gasteiger partial charge is 0.380 e. The topological polar surface area (TPSA) is 33.6 Å². The molecule has 1 N–H and O–H groups in total. The van der Waals surface area contributed by atoms with Gasteiger partial charge in [0, 0.05) is 31.3 Å². The first kappa shape index (κ1) is 12.1. The van der Waals surface area contributed by atoms with E-state index >= 15 is 0 Å². The summed E-state index contributed by atoms with van der Waals surface area (Å²) in [7, 11) is 1.72. The SMILES string of the molecule is COCc1ccccc1NC1=NCCCCC1. The van der Waals surface area contributed by atoms with E-state index in [4.69, 9.17) is 4.74 Å². The van der Waals surface area contributed by atoms with Crippen LogP contribution in [0.4, 0.5) is 5.69 Å². The smallest absolute Gasteiger partial charge is 0.101 e. The third-order valence-corrected chi connectivity index (χ3v) is 2.97. The van der Waals surface area contributed by atoms with E-state index in [2.05, 4.69) is 22.4 Å². The Kier molecular flexibility index (Phi) is 4.56. The quantitative estimate of drug-likeness (QED) is 0.868. The van der Waals surface area contributed by atoms with Gasteiger partial charge in [-0.3, -0.25) is 4.99 Å². The molecule has 1 aromatic rings. The number of aliphatic imine (C=N–C) groups is 1. The Morgan fingerprint density at radius 3 is 3.00 bits per heavy atom. The van der Waals surface area contributed by atoms with Gasteiger partial charge in [0.1, 0.15) is 5.84 Å². The molecule has 0 fully saturated rings. The Balaban J connectivity index is 2.08. The number of benzene rings is 1. The molecule has 0 unspecified atom stereocenters. The Bertz CT molecular complexity index is 388. The predicted molar refractivity (Wildman–Crippen MR) is 71.5 cm³/mol. The molecule has 0 saturated carbocycles. The maximum Gasteiger partial charge on any atom is 0.101 e. The van der Waals surface area contributed by atoms with Crippen molar-refractivity contribution in [3.8, 4) is 0 Å². The lowest BCUT2D eigenvalue weighted by molar-refractivity contribution is 0.185. The molecular weight excluding hydrogens is 212 g/mol. The summed E-state index contributed by atoms with van der Waals surface area (Å²) in [5, 5.41) is 3.44. The molecule has 0 atom stereocenters. The first-order chi connectivity index (χ1) is 8.40. The number of hydrogen-bond donors (Lipinski definition) is 1. The van der Waals surface area contributed by atoms with E-state index in [1.807, 2.05) is 12.1 Å². The van der Waals surface area contributed by atoms with Gasteiger partial charge in [-0.05, 0) is 18.9 Å². The van der Waals surface area contributed by atoms with Crippen LogP contribution in [0.25, 0.3) is 0 Å². The summed E-state index contributed by atoms with van der Waals surface area (Å²) in [6.07, 6.45) is 4.79. The molecule has 1 aromatic carbocycles. The monoisotopic (exact) mass is 232 g/mol. The average molecular weight is 232 g/mol. The second kappa shape index (κ2) is 6.40. The number of amidine groups is 1. The summed E-state index contributed by atoms with van der Waals surface area (Å²) < 4.78 is 5.20. The molecule has 92 valence electrons. The van der Waals surface area contributed by atoms with Gasteiger partial charge in [-0.25, -0.2) is 0 Å². The zero-order chi connectivity index (χ0) is 11.9. The summed E-state index contributed by atoms with van der Waals surface area (Å²) in [5.74, 6) is 1.12. The number of nitrogens with one attached hydrogen (secondary N) is 1. The van der Waals surface area contributed by atoms with Gasteiger partial charge in [-0.2, -0.15) is 0 Å². The summed E-state index contributed by atoms with van der Waals surface area (Å²) in [6, 6.07) is 8.25. The van der Waals surface area contributed by atoms with Gasteiger partial charge in [0.2, 0.25) is 0 Å². The van der Waals surface area contributed by atoms with Crippen molar-refractivity contribution >= 4 is 11.5 Å². The molecule has 0 amide bonds. The normalized spacial score (nSPS) is 16.2. The molecule has 0 aliphatic carbocycles. The Labute approximate surface area is 103 Å². The van der Waals surface area contributed by atoms with E-state index in [1.165, 1.54) is 24.8 Å². The van der Waals surface area contributed by atoms with E-state index in [9.17, 15) is 0 Å². The van der Waals surface area contributed by atoms with Crippen molar-refractivity contribution in [3.63, 3.8) is 0 Å². The molecule has 0 aromatic heterocycles. The number of methoxy groups -OCH3 is 1. The molecule has 3 nitrogen and oxygen atoms in total. The molecule has 1 heterocycles. The van der Waals surface area contributed by atoms with Crippen molar-refractivity contribution in [2.75, 3.05) is 19.0 Å². The van der Waals surface area contributed by atoms with Crippen molar-refractivity contribution < 1.29 is 4.74 Å².